The Kier molecular flexibility index (Phi) is 8.66. The summed E-state index contributed by atoms with van der Waals surface area (Å²) < 4.78 is 25.0. The van der Waals surface area contributed by atoms with Gasteiger partial charge in [0.2, 0.25) is 0 Å². The fourth-order valence-electron chi connectivity index (χ4n) is 2.91. The maximum absolute atomic E-state index is 6.40. The molecule has 29 heavy (non-hydrogen) atoms. The van der Waals surface area contributed by atoms with Crippen LogP contribution in [0.25, 0.3) is 0 Å². The molecule has 0 N–H and O–H groups in total. The molecule has 0 aliphatic heterocycles. The molecule has 0 saturated carbocycles. The summed E-state index contributed by atoms with van der Waals surface area (Å²) in [5, 5.41) is 1.26. The summed E-state index contributed by atoms with van der Waals surface area (Å²) in [4.78, 5) is 4.12. The topological polar surface area (TPSA) is 49.8 Å². The van der Waals surface area contributed by atoms with Crippen LogP contribution in [0, 0.1) is 0 Å². The van der Waals surface area contributed by atoms with Crippen LogP contribution in [0.4, 0.5) is 0 Å². The molecule has 0 aliphatic rings. The summed E-state index contributed by atoms with van der Waals surface area (Å²) in [6.07, 6.45) is 3.55. The molecule has 2 rings (SSSR count). The predicted octanol–water partition coefficient (Wildman–Crippen LogP) is 6.26. The lowest BCUT2D eigenvalue weighted by atomic mass is 10.2. The summed E-state index contributed by atoms with van der Waals surface area (Å²) >= 11 is 12.3. The minimum atomic E-state index is -2.48. The van der Waals surface area contributed by atoms with Crippen LogP contribution < -0.4 is 0 Å². The van der Waals surface area contributed by atoms with Crippen molar-refractivity contribution in [3.63, 3.8) is 0 Å². The maximum Gasteiger partial charge on any atom is 0.323 e. The van der Waals surface area contributed by atoms with Gasteiger partial charge in [-0.3, -0.25) is 4.98 Å². The van der Waals surface area contributed by atoms with Gasteiger partial charge in [0, 0.05) is 22.4 Å². The Morgan fingerprint density at radius 1 is 0.828 bits per heavy atom. The standard InChI is InChI=1S/C19H29Cl2NO4Si3/c1-27(2,23-14-16-8-7-11-22-13-16)25-29(5,6)26-28(3,4)24-15-17-12-18(20)9-10-19(17)21/h7-13H,14-15H2,1-6H3. The monoisotopic (exact) mass is 489 g/mol. The van der Waals surface area contributed by atoms with E-state index in [1.165, 1.54) is 0 Å². The Bertz CT molecular complexity index is 807. The van der Waals surface area contributed by atoms with Gasteiger partial charge in [-0.2, -0.15) is 0 Å². The van der Waals surface area contributed by atoms with Crippen LogP contribution in [-0.2, 0) is 30.3 Å². The molecule has 0 saturated heterocycles. The van der Waals surface area contributed by atoms with Crippen molar-refractivity contribution in [3.8, 4) is 0 Å². The van der Waals surface area contributed by atoms with Gasteiger partial charge in [-0.15, -0.1) is 0 Å². The largest absolute Gasteiger partial charge is 0.415 e. The van der Waals surface area contributed by atoms with E-state index in [-0.39, 0.29) is 0 Å². The van der Waals surface area contributed by atoms with Crippen LogP contribution >= 0.6 is 23.2 Å². The van der Waals surface area contributed by atoms with Gasteiger partial charge in [0.05, 0.1) is 13.2 Å². The zero-order chi connectivity index (χ0) is 21.7. The molecule has 0 bridgehead atoms. The normalized spacial score (nSPS) is 13.0. The summed E-state index contributed by atoms with van der Waals surface area (Å²) in [6, 6.07) is 9.23. The van der Waals surface area contributed by atoms with E-state index in [0.29, 0.717) is 23.3 Å². The third-order valence-electron chi connectivity index (χ3n) is 3.88. The third-order valence-corrected chi connectivity index (χ3v) is 14.0. The van der Waals surface area contributed by atoms with Gasteiger partial charge in [-0.1, -0.05) is 29.3 Å². The van der Waals surface area contributed by atoms with Gasteiger partial charge in [-0.25, -0.2) is 0 Å². The van der Waals surface area contributed by atoms with E-state index >= 15 is 0 Å². The fourth-order valence-corrected chi connectivity index (χ4v) is 14.8. The summed E-state index contributed by atoms with van der Waals surface area (Å²) in [5.74, 6) is 0. The van der Waals surface area contributed by atoms with Crippen molar-refractivity contribution in [1.29, 1.82) is 0 Å². The molecule has 1 heterocycles. The third kappa shape index (κ3) is 8.99. The number of hydrogen-bond acceptors (Lipinski definition) is 5. The Labute approximate surface area is 187 Å². The number of rotatable bonds is 10. The van der Waals surface area contributed by atoms with Crippen LogP contribution in [0.15, 0.2) is 42.7 Å². The van der Waals surface area contributed by atoms with E-state index in [9.17, 15) is 0 Å². The van der Waals surface area contributed by atoms with E-state index in [1.807, 2.05) is 57.5 Å². The first-order chi connectivity index (χ1) is 13.4. The van der Waals surface area contributed by atoms with Gasteiger partial charge in [0.25, 0.3) is 0 Å². The van der Waals surface area contributed by atoms with Crippen molar-refractivity contribution in [2.24, 2.45) is 0 Å². The van der Waals surface area contributed by atoms with Gasteiger partial charge >= 0.3 is 25.7 Å². The molecule has 2 aromatic rings. The quantitative estimate of drug-likeness (QED) is 0.368. The molecule has 0 unspecified atom stereocenters. The Hall–Kier alpha value is -0.559. The second kappa shape index (κ2) is 10.2. The van der Waals surface area contributed by atoms with Crippen molar-refractivity contribution in [1.82, 2.24) is 4.98 Å². The lowest BCUT2D eigenvalue weighted by Crippen LogP contribution is -2.54. The molecular weight excluding hydrogens is 461 g/mol. The Morgan fingerprint density at radius 2 is 1.45 bits per heavy atom. The molecule has 160 valence electrons. The summed E-state index contributed by atoms with van der Waals surface area (Å²) in [7, 11) is -7.32. The minimum absolute atomic E-state index is 0.349. The molecule has 0 amide bonds. The molecule has 0 fully saturated rings. The number of hydrogen-bond donors (Lipinski definition) is 0. The summed E-state index contributed by atoms with van der Waals surface area (Å²) in [5.41, 5.74) is 1.87. The first kappa shape index (κ1) is 24.7. The van der Waals surface area contributed by atoms with Gasteiger partial charge in [0.15, 0.2) is 0 Å². The second-order valence-electron chi connectivity index (χ2n) is 8.08. The number of aromatic nitrogens is 1. The molecular formula is C19H29Cl2NO4Si3. The van der Waals surface area contributed by atoms with Crippen molar-refractivity contribution >= 4 is 48.9 Å². The van der Waals surface area contributed by atoms with Gasteiger partial charge in [-0.05, 0) is 74.7 Å². The minimum Gasteiger partial charge on any atom is -0.415 e. The predicted molar refractivity (Wildman–Crippen MR) is 125 cm³/mol. The molecule has 10 heteroatoms. The molecule has 1 aromatic heterocycles. The highest BCUT2D eigenvalue weighted by molar-refractivity contribution is 6.84. The second-order valence-corrected chi connectivity index (χ2v) is 19.5. The number of halogens is 2. The van der Waals surface area contributed by atoms with Crippen LogP contribution in [0.5, 0.6) is 0 Å². The number of pyridine rings is 1. The van der Waals surface area contributed by atoms with Crippen LogP contribution in [0.2, 0.25) is 49.3 Å². The van der Waals surface area contributed by atoms with E-state index in [2.05, 4.69) is 4.98 Å². The van der Waals surface area contributed by atoms with E-state index in [4.69, 9.17) is 40.3 Å². The average molecular weight is 491 g/mol. The van der Waals surface area contributed by atoms with E-state index in [0.717, 1.165) is 11.1 Å². The zero-order valence-electron chi connectivity index (χ0n) is 17.8. The van der Waals surface area contributed by atoms with Gasteiger partial charge < -0.3 is 17.1 Å². The highest BCUT2D eigenvalue weighted by Crippen LogP contribution is 2.26. The van der Waals surface area contributed by atoms with E-state index < -0.39 is 25.7 Å². The highest BCUT2D eigenvalue weighted by Gasteiger charge is 2.41. The molecule has 1 aromatic carbocycles. The first-order valence-corrected chi connectivity index (χ1v) is 18.6. The van der Waals surface area contributed by atoms with Crippen LogP contribution in [0.3, 0.4) is 0 Å². The lowest BCUT2D eigenvalue weighted by molar-refractivity contribution is 0.195. The van der Waals surface area contributed by atoms with Crippen molar-refractivity contribution in [3.05, 3.63) is 63.9 Å². The zero-order valence-corrected chi connectivity index (χ0v) is 22.3. The molecule has 0 aliphatic carbocycles. The van der Waals surface area contributed by atoms with Crippen LogP contribution in [0.1, 0.15) is 11.1 Å². The average Bonchev–Trinajstić information content (AvgIpc) is 2.60. The lowest BCUT2D eigenvalue weighted by Gasteiger charge is -2.37. The Balaban J connectivity index is 1.92. The number of benzene rings is 1. The van der Waals surface area contributed by atoms with E-state index in [1.54, 1.807) is 24.5 Å². The first-order valence-electron chi connectivity index (χ1n) is 9.39. The molecule has 0 spiro atoms. The van der Waals surface area contributed by atoms with Crippen LogP contribution in [-0.4, -0.2) is 30.7 Å². The highest BCUT2D eigenvalue weighted by atomic mass is 35.5. The fraction of sp³-hybridized carbons (Fsp3) is 0.421. The van der Waals surface area contributed by atoms with Crippen molar-refractivity contribution in [2.75, 3.05) is 0 Å². The Morgan fingerprint density at radius 3 is 2.03 bits per heavy atom. The van der Waals surface area contributed by atoms with Gasteiger partial charge in [0.1, 0.15) is 0 Å². The summed E-state index contributed by atoms with van der Waals surface area (Å²) in [6.45, 7) is 13.0. The SMILES string of the molecule is C[Si](C)(OCc1cccnc1)O[Si](C)(C)O[Si](C)(C)OCc1cc(Cl)ccc1Cl. The smallest absolute Gasteiger partial charge is 0.323 e. The van der Waals surface area contributed by atoms with Crippen molar-refractivity contribution in [2.45, 2.75) is 52.5 Å². The maximum atomic E-state index is 6.40. The number of nitrogens with zero attached hydrogens (tertiary/aromatic N) is 1. The molecule has 0 radical (unpaired) electrons. The molecule has 0 atom stereocenters. The van der Waals surface area contributed by atoms with Crippen molar-refractivity contribution < 1.29 is 17.1 Å². The molecule has 5 nitrogen and oxygen atoms in total.